The molecule has 8 nitrogen and oxygen atoms in total. The number of hydrogen-bond donors (Lipinski definition) is 4. The molecule has 4 N–H and O–H groups in total. The molecule has 0 fully saturated rings. The van der Waals surface area contributed by atoms with Crippen molar-refractivity contribution in [3.8, 4) is 0 Å². The number of nitrogens with zero attached hydrogens (tertiary/aromatic N) is 4. The molecule has 0 saturated carbocycles. The van der Waals surface area contributed by atoms with Crippen LogP contribution in [-0.4, -0.2) is 43.2 Å². The molecular formula is C17H18ClFN6O2. The largest absolute Gasteiger partial charge is 0.394 e. The van der Waals surface area contributed by atoms with Crippen LogP contribution in [0.25, 0.3) is 0 Å². The summed E-state index contributed by atoms with van der Waals surface area (Å²) in [5, 5.41) is 29.0. The van der Waals surface area contributed by atoms with Crippen LogP contribution >= 0.6 is 11.6 Å². The molecule has 0 aliphatic rings. The van der Waals surface area contributed by atoms with Gasteiger partial charge in [-0.15, -0.1) is 0 Å². The van der Waals surface area contributed by atoms with E-state index in [0.29, 0.717) is 17.9 Å². The van der Waals surface area contributed by atoms with Crippen molar-refractivity contribution in [3.05, 3.63) is 59.1 Å². The van der Waals surface area contributed by atoms with Crippen LogP contribution in [0.15, 0.2) is 42.7 Å². The summed E-state index contributed by atoms with van der Waals surface area (Å²) >= 11 is 6.15. The van der Waals surface area contributed by atoms with Gasteiger partial charge in [0.2, 0.25) is 5.95 Å². The summed E-state index contributed by atoms with van der Waals surface area (Å²) < 4.78 is 15.0. The number of anilines is 3. The van der Waals surface area contributed by atoms with Crippen LogP contribution in [0.4, 0.5) is 22.0 Å². The van der Waals surface area contributed by atoms with Gasteiger partial charge in [-0.05, 0) is 17.7 Å². The minimum absolute atomic E-state index is 0.0186. The van der Waals surface area contributed by atoms with Gasteiger partial charge < -0.3 is 20.8 Å². The van der Waals surface area contributed by atoms with E-state index in [2.05, 4.69) is 25.7 Å². The van der Waals surface area contributed by atoms with Gasteiger partial charge in [0, 0.05) is 12.3 Å². The maximum atomic E-state index is 13.4. The van der Waals surface area contributed by atoms with Gasteiger partial charge in [-0.2, -0.15) is 10.1 Å². The molecular weight excluding hydrogens is 375 g/mol. The molecule has 0 bridgehead atoms. The summed E-state index contributed by atoms with van der Waals surface area (Å²) in [7, 11) is 0. The van der Waals surface area contributed by atoms with Gasteiger partial charge in [0.1, 0.15) is 10.8 Å². The highest BCUT2D eigenvalue weighted by molar-refractivity contribution is 6.32. The van der Waals surface area contributed by atoms with Crippen molar-refractivity contribution in [2.45, 2.75) is 12.6 Å². The monoisotopic (exact) mass is 392 g/mol. The van der Waals surface area contributed by atoms with Crippen LogP contribution in [-0.2, 0) is 6.54 Å². The predicted molar refractivity (Wildman–Crippen MR) is 99.5 cm³/mol. The Hall–Kier alpha value is -2.75. The summed E-state index contributed by atoms with van der Waals surface area (Å²) in [6, 6.07) is 7.03. The van der Waals surface area contributed by atoms with Gasteiger partial charge in [-0.25, -0.2) is 9.37 Å². The molecule has 2 heterocycles. The summed E-state index contributed by atoms with van der Waals surface area (Å²) in [5.41, 5.74) is 0.560. The van der Waals surface area contributed by atoms with Crippen LogP contribution < -0.4 is 10.6 Å². The van der Waals surface area contributed by atoms with E-state index in [4.69, 9.17) is 16.7 Å². The highest BCUT2D eigenvalue weighted by Crippen LogP contribution is 2.26. The first-order valence-corrected chi connectivity index (χ1v) is 8.53. The Balaban J connectivity index is 1.77. The first-order valence-electron chi connectivity index (χ1n) is 8.16. The summed E-state index contributed by atoms with van der Waals surface area (Å²) in [6.07, 6.45) is 3.11. The zero-order chi connectivity index (χ0) is 19.2. The molecule has 1 atom stereocenters. The van der Waals surface area contributed by atoms with E-state index in [1.54, 1.807) is 29.1 Å². The lowest BCUT2D eigenvalue weighted by atomic mass is 10.1. The number of aliphatic hydroxyl groups excluding tert-OH is 2. The van der Waals surface area contributed by atoms with Crippen molar-refractivity contribution in [3.63, 3.8) is 0 Å². The third-order valence-electron chi connectivity index (χ3n) is 3.70. The highest BCUT2D eigenvalue weighted by atomic mass is 35.5. The Labute approximate surface area is 159 Å². The number of halogens is 2. The van der Waals surface area contributed by atoms with E-state index in [9.17, 15) is 9.50 Å². The van der Waals surface area contributed by atoms with Crippen LogP contribution in [0.2, 0.25) is 5.02 Å². The zero-order valence-electron chi connectivity index (χ0n) is 14.2. The average molecular weight is 393 g/mol. The number of aliphatic hydroxyl groups is 2. The molecule has 0 amide bonds. The van der Waals surface area contributed by atoms with E-state index >= 15 is 0 Å². The van der Waals surface area contributed by atoms with Crippen LogP contribution in [0.3, 0.4) is 0 Å². The van der Waals surface area contributed by atoms with Crippen molar-refractivity contribution >= 4 is 29.2 Å². The molecule has 0 aliphatic carbocycles. The fourth-order valence-corrected chi connectivity index (χ4v) is 2.57. The first kappa shape index (κ1) is 19.0. The molecule has 0 saturated heterocycles. The van der Waals surface area contributed by atoms with E-state index < -0.39 is 11.9 Å². The fraction of sp³-hybridized carbons (Fsp3) is 0.235. The second kappa shape index (κ2) is 8.76. The Morgan fingerprint density at radius 2 is 2.11 bits per heavy atom. The van der Waals surface area contributed by atoms with Gasteiger partial charge >= 0.3 is 0 Å². The Kier molecular flexibility index (Phi) is 6.17. The topological polar surface area (TPSA) is 108 Å². The lowest BCUT2D eigenvalue weighted by molar-refractivity contribution is 0.269. The van der Waals surface area contributed by atoms with E-state index in [1.807, 2.05) is 0 Å². The average Bonchev–Trinajstić information content (AvgIpc) is 3.09. The fourth-order valence-electron chi connectivity index (χ4n) is 2.42. The van der Waals surface area contributed by atoms with Gasteiger partial charge in [0.05, 0.1) is 32.0 Å². The molecule has 0 aliphatic heterocycles. The van der Waals surface area contributed by atoms with Crippen molar-refractivity contribution in [1.82, 2.24) is 19.7 Å². The molecule has 0 spiro atoms. The minimum Gasteiger partial charge on any atom is -0.394 e. The number of aromatic nitrogens is 4. The SMILES string of the molecule is OCCn1ccc(Nc2ncc(Cl)c(NC(CO)c3cccc(F)c3)n2)n1. The molecule has 2 aromatic heterocycles. The lowest BCUT2D eigenvalue weighted by Crippen LogP contribution is -2.16. The van der Waals surface area contributed by atoms with E-state index in [-0.39, 0.29) is 30.0 Å². The number of benzene rings is 1. The van der Waals surface area contributed by atoms with E-state index in [1.165, 1.54) is 18.3 Å². The Morgan fingerprint density at radius 1 is 1.26 bits per heavy atom. The number of nitrogens with one attached hydrogen (secondary N) is 2. The Morgan fingerprint density at radius 3 is 2.85 bits per heavy atom. The standard InChI is InChI=1S/C17H18ClFN6O2/c18-13-9-20-17(22-15-4-5-25(24-15)6-7-26)23-16(13)21-14(10-27)11-2-1-3-12(19)8-11/h1-5,8-9,14,26-27H,6-7,10H2,(H2,20,21,22,23,24). The third-order valence-corrected chi connectivity index (χ3v) is 3.97. The Bertz CT molecular complexity index is 907. The van der Waals surface area contributed by atoms with Gasteiger partial charge in [0.25, 0.3) is 0 Å². The normalized spacial score (nSPS) is 12.0. The lowest BCUT2D eigenvalue weighted by Gasteiger charge is -2.18. The molecule has 10 heteroatoms. The van der Waals surface area contributed by atoms with Crippen molar-refractivity contribution in [2.75, 3.05) is 23.8 Å². The summed E-state index contributed by atoms with van der Waals surface area (Å²) in [6.45, 7) is 0.0785. The maximum absolute atomic E-state index is 13.4. The molecule has 3 rings (SSSR count). The second-order valence-electron chi connectivity index (χ2n) is 5.64. The minimum atomic E-state index is -0.593. The highest BCUT2D eigenvalue weighted by Gasteiger charge is 2.15. The first-order chi connectivity index (χ1) is 13.1. The van der Waals surface area contributed by atoms with Crippen LogP contribution in [0, 0.1) is 5.82 Å². The second-order valence-corrected chi connectivity index (χ2v) is 6.04. The maximum Gasteiger partial charge on any atom is 0.230 e. The van der Waals surface area contributed by atoms with Gasteiger partial charge in [-0.1, -0.05) is 23.7 Å². The summed E-state index contributed by atoms with van der Waals surface area (Å²) in [5.74, 6) is 0.627. The predicted octanol–water partition coefficient (Wildman–Crippen LogP) is 2.35. The van der Waals surface area contributed by atoms with Crippen LogP contribution in [0.5, 0.6) is 0 Å². The molecule has 3 aromatic rings. The quantitative estimate of drug-likeness (QED) is 0.466. The van der Waals surface area contributed by atoms with E-state index in [0.717, 1.165) is 0 Å². The summed E-state index contributed by atoms with van der Waals surface area (Å²) in [4.78, 5) is 8.38. The molecule has 1 aromatic carbocycles. The van der Waals surface area contributed by atoms with Crippen LogP contribution in [0.1, 0.15) is 11.6 Å². The van der Waals surface area contributed by atoms with Gasteiger partial charge in [-0.3, -0.25) is 4.68 Å². The van der Waals surface area contributed by atoms with Gasteiger partial charge in [0.15, 0.2) is 11.6 Å². The number of rotatable bonds is 8. The third kappa shape index (κ3) is 4.91. The molecule has 142 valence electrons. The van der Waals surface area contributed by atoms with Crippen molar-refractivity contribution in [2.24, 2.45) is 0 Å². The zero-order valence-corrected chi connectivity index (χ0v) is 14.9. The molecule has 27 heavy (non-hydrogen) atoms. The molecule has 1 unspecified atom stereocenters. The number of hydrogen-bond acceptors (Lipinski definition) is 7. The van der Waals surface area contributed by atoms with Crippen molar-refractivity contribution in [1.29, 1.82) is 0 Å². The molecule has 0 radical (unpaired) electrons. The smallest absolute Gasteiger partial charge is 0.230 e. The van der Waals surface area contributed by atoms with Crippen molar-refractivity contribution < 1.29 is 14.6 Å².